The van der Waals surface area contributed by atoms with Crippen molar-refractivity contribution in [1.29, 1.82) is 0 Å². The fourth-order valence-electron chi connectivity index (χ4n) is 7.00. The Balaban J connectivity index is 0.00000442. The van der Waals surface area contributed by atoms with Crippen LogP contribution >= 0.6 is 24.0 Å². The first-order valence-electron chi connectivity index (χ1n) is 14.7. The van der Waals surface area contributed by atoms with Gasteiger partial charge < -0.3 is 24.8 Å². The highest BCUT2D eigenvalue weighted by Crippen LogP contribution is 2.47. The third-order valence-electron chi connectivity index (χ3n) is 9.49. The van der Waals surface area contributed by atoms with E-state index < -0.39 is 5.41 Å². The predicted octanol–water partition coefficient (Wildman–Crippen LogP) is 5.55. The number of carbonyl (C=O) groups excluding carboxylic acids is 2. The molecular formula is C34H41Cl2N3O5. The number of hydrogen-bond donors (Lipinski definition) is 1. The lowest BCUT2D eigenvalue weighted by Crippen LogP contribution is -2.57. The Morgan fingerprint density at radius 2 is 1.57 bits per heavy atom. The minimum absolute atomic E-state index is 0. The second kappa shape index (κ2) is 14.1. The Kier molecular flexibility index (Phi) is 10.7. The summed E-state index contributed by atoms with van der Waals surface area (Å²) in [5.41, 5.74) is 7.89. The number of primary amides is 1. The molecule has 44 heavy (non-hydrogen) atoms. The van der Waals surface area contributed by atoms with Gasteiger partial charge in [0.1, 0.15) is 0 Å². The molecule has 0 radical (unpaired) electrons. The van der Waals surface area contributed by atoms with E-state index in [2.05, 4.69) is 11.8 Å². The molecule has 8 nitrogen and oxygen atoms in total. The number of carbonyl (C=O) groups is 2. The molecular weight excluding hydrogens is 601 g/mol. The number of hydrogen-bond acceptors (Lipinski definition) is 6. The van der Waals surface area contributed by atoms with Crippen molar-refractivity contribution in [3.8, 4) is 17.2 Å². The summed E-state index contributed by atoms with van der Waals surface area (Å²) in [6, 6.07) is 21.3. The third-order valence-corrected chi connectivity index (χ3v) is 9.74. The van der Waals surface area contributed by atoms with Crippen LogP contribution in [0.1, 0.15) is 47.2 Å². The molecule has 5 rings (SSSR count). The first-order chi connectivity index (χ1) is 20.7. The van der Waals surface area contributed by atoms with E-state index in [4.69, 9.17) is 31.5 Å². The summed E-state index contributed by atoms with van der Waals surface area (Å²) in [4.78, 5) is 31.3. The summed E-state index contributed by atoms with van der Waals surface area (Å²) in [6.45, 7) is 4.92. The zero-order valence-electron chi connectivity index (χ0n) is 25.6. The Hall–Kier alpha value is -3.46. The van der Waals surface area contributed by atoms with Crippen molar-refractivity contribution in [1.82, 2.24) is 9.80 Å². The van der Waals surface area contributed by atoms with Gasteiger partial charge >= 0.3 is 0 Å². The van der Waals surface area contributed by atoms with Crippen LogP contribution in [0.2, 0.25) is 5.02 Å². The molecule has 2 aliphatic heterocycles. The molecule has 0 aliphatic carbocycles. The Bertz CT molecular complexity index is 1430. The topological polar surface area (TPSA) is 94.3 Å². The molecule has 4 unspecified atom stereocenters. The Morgan fingerprint density at radius 3 is 2.14 bits per heavy atom. The van der Waals surface area contributed by atoms with Crippen LogP contribution < -0.4 is 19.9 Å². The zero-order chi connectivity index (χ0) is 30.7. The van der Waals surface area contributed by atoms with Crippen molar-refractivity contribution in [2.24, 2.45) is 11.7 Å². The number of nitrogens with zero attached hydrogens (tertiary/aromatic N) is 2. The smallest absolute Gasteiger partial charge is 0.254 e. The zero-order valence-corrected chi connectivity index (χ0v) is 27.2. The Morgan fingerprint density at radius 1 is 0.932 bits per heavy atom. The van der Waals surface area contributed by atoms with Gasteiger partial charge in [0, 0.05) is 42.2 Å². The minimum atomic E-state index is -0.838. The van der Waals surface area contributed by atoms with E-state index in [0.717, 1.165) is 24.1 Å². The van der Waals surface area contributed by atoms with Crippen LogP contribution in [0.5, 0.6) is 17.2 Å². The molecule has 2 aliphatic rings. The molecule has 2 saturated heterocycles. The average molecular weight is 643 g/mol. The normalized spacial score (nSPS) is 22.5. The van der Waals surface area contributed by atoms with Gasteiger partial charge in [-0.3, -0.25) is 14.5 Å². The number of halogens is 2. The lowest BCUT2D eigenvalue weighted by atomic mass is 9.62. The van der Waals surface area contributed by atoms with E-state index >= 15 is 0 Å². The number of nitrogens with two attached hydrogens (primary N) is 1. The van der Waals surface area contributed by atoms with Crippen LogP contribution in [0, 0.1) is 5.92 Å². The third kappa shape index (κ3) is 6.21. The molecule has 0 aromatic heterocycles. The predicted molar refractivity (Wildman–Crippen MR) is 175 cm³/mol. The summed E-state index contributed by atoms with van der Waals surface area (Å²) in [5, 5.41) is 0.650. The molecule has 3 aromatic carbocycles. The first kappa shape index (κ1) is 33.4. The summed E-state index contributed by atoms with van der Waals surface area (Å²) in [5.74, 6) is 1.10. The molecule has 0 saturated carbocycles. The van der Waals surface area contributed by atoms with Gasteiger partial charge in [0.15, 0.2) is 11.5 Å². The molecule has 0 spiro atoms. The fourth-order valence-corrected chi connectivity index (χ4v) is 7.13. The van der Waals surface area contributed by atoms with E-state index in [1.165, 1.54) is 0 Å². The maximum atomic E-state index is 13.6. The molecule has 4 atom stereocenters. The van der Waals surface area contributed by atoms with E-state index in [1.54, 1.807) is 33.5 Å². The second-order valence-corrected chi connectivity index (χ2v) is 11.9. The van der Waals surface area contributed by atoms with E-state index in [9.17, 15) is 9.59 Å². The van der Waals surface area contributed by atoms with Crippen LogP contribution in [0.4, 0.5) is 0 Å². The SMILES string of the molecule is COc1cc(C(=O)N2CCC(C(C)N3CCC(C(N)=O)(c4ccccc4)C(c4ccc(Cl)cc4)C3)C2)cc(OC)c1OC.Cl. The number of rotatable bonds is 9. The quantitative estimate of drug-likeness (QED) is 0.329. The molecule has 2 fully saturated rings. The molecule has 10 heteroatoms. The van der Waals surface area contributed by atoms with Crippen molar-refractivity contribution in [2.75, 3.05) is 47.5 Å². The van der Waals surface area contributed by atoms with Gasteiger partial charge in [-0.05, 0) is 67.6 Å². The number of likely N-dealkylation sites (tertiary alicyclic amines) is 2. The van der Waals surface area contributed by atoms with Crippen molar-refractivity contribution in [3.63, 3.8) is 0 Å². The highest BCUT2D eigenvalue weighted by Gasteiger charge is 2.51. The summed E-state index contributed by atoms with van der Waals surface area (Å²) < 4.78 is 16.4. The Labute approximate surface area is 270 Å². The number of piperidine rings is 1. The molecule has 2 heterocycles. The molecule has 2 N–H and O–H groups in total. The van der Waals surface area contributed by atoms with Crippen molar-refractivity contribution in [3.05, 3.63) is 88.4 Å². The number of amides is 2. The second-order valence-electron chi connectivity index (χ2n) is 11.5. The lowest BCUT2D eigenvalue weighted by Gasteiger charge is -2.49. The minimum Gasteiger partial charge on any atom is -0.493 e. The first-order valence-corrected chi connectivity index (χ1v) is 15.1. The van der Waals surface area contributed by atoms with Gasteiger partial charge in [-0.25, -0.2) is 0 Å². The number of ether oxygens (including phenoxy) is 3. The largest absolute Gasteiger partial charge is 0.493 e. The number of methoxy groups -OCH3 is 3. The van der Waals surface area contributed by atoms with E-state index in [-0.39, 0.29) is 42.1 Å². The van der Waals surface area contributed by atoms with Crippen molar-refractivity contribution < 1.29 is 23.8 Å². The van der Waals surface area contributed by atoms with E-state index in [1.807, 2.05) is 59.5 Å². The van der Waals surface area contributed by atoms with E-state index in [0.29, 0.717) is 53.9 Å². The molecule has 0 bridgehead atoms. The highest BCUT2D eigenvalue weighted by atomic mass is 35.5. The maximum absolute atomic E-state index is 13.6. The van der Waals surface area contributed by atoms with Crippen LogP contribution in [-0.2, 0) is 10.2 Å². The highest BCUT2D eigenvalue weighted by molar-refractivity contribution is 6.30. The van der Waals surface area contributed by atoms with Gasteiger partial charge in [0.05, 0.1) is 26.7 Å². The average Bonchev–Trinajstić information content (AvgIpc) is 3.54. The maximum Gasteiger partial charge on any atom is 0.254 e. The van der Waals surface area contributed by atoms with Crippen LogP contribution in [0.3, 0.4) is 0 Å². The summed E-state index contributed by atoms with van der Waals surface area (Å²) in [7, 11) is 4.62. The standard InChI is InChI=1S/C34H40ClN3O5.ClH/c1-22(24-14-16-38(20-24)32(39)25-18-29(41-2)31(43-4)30(19-25)42-3)37-17-15-34(33(36)40,26-8-6-5-7-9-26)28(21-37)23-10-12-27(35)13-11-23;/h5-13,18-19,22,24,28H,14-17,20-21H2,1-4H3,(H2,36,40);1H. The summed E-state index contributed by atoms with van der Waals surface area (Å²) >= 11 is 6.24. The fraction of sp³-hybridized carbons (Fsp3) is 0.412. The van der Waals surface area contributed by atoms with Gasteiger partial charge in [-0.2, -0.15) is 0 Å². The van der Waals surface area contributed by atoms with Gasteiger partial charge in [0.25, 0.3) is 5.91 Å². The lowest BCUT2D eigenvalue weighted by molar-refractivity contribution is -0.126. The van der Waals surface area contributed by atoms with Gasteiger partial charge in [0.2, 0.25) is 11.7 Å². The van der Waals surface area contributed by atoms with Crippen molar-refractivity contribution >= 4 is 35.8 Å². The molecule has 3 aromatic rings. The van der Waals surface area contributed by atoms with Gasteiger partial charge in [-0.15, -0.1) is 12.4 Å². The monoisotopic (exact) mass is 641 g/mol. The van der Waals surface area contributed by atoms with Crippen LogP contribution in [0.15, 0.2) is 66.7 Å². The van der Waals surface area contributed by atoms with Crippen molar-refractivity contribution in [2.45, 2.75) is 37.1 Å². The van der Waals surface area contributed by atoms with Crippen LogP contribution in [0.25, 0.3) is 0 Å². The summed E-state index contributed by atoms with van der Waals surface area (Å²) in [6.07, 6.45) is 1.49. The number of benzene rings is 3. The molecule has 2 amide bonds. The van der Waals surface area contributed by atoms with Crippen LogP contribution in [-0.4, -0.2) is 75.2 Å². The molecule has 236 valence electrons. The van der Waals surface area contributed by atoms with Gasteiger partial charge in [-0.1, -0.05) is 54.1 Å².